The van der Waals surface area contributed by atoms with Gasteiger partial charge in [0, 0.05) is 5.69 Å². The van der Waals surface area contributed by atoms with Crippen molar-refractivity contribution < 1.29 is 4.79 Å². The maximum atomic E-state index is 12.2. The number of anilines is 1. The van der Waals surface area contributed by atoms with Crippen LogP contribution in [-0.2, 0) is 0 Å². The minimum atomic E-state index is -0.339. The van der Waals surface area contributed by atoms with Crippen LogP contribution in [0, 0.1) is 0 Å². The van der Waals surface area contributed by atoms with Gasteiger partial charge in [-0.25, -0.2) is 0 Å². The van der Waals surface area contributed by atoms with Crippen LogP contribution in [0.2, 0.25) is 5.02 Å². The molecule has 0 unspecified atom stereocenters. The molecule has 0 heterocycles. The highest BCUT2D eigenvalue weighted by Gasteiger charge is 2.11. The molecule has 1 amide bonds. The Kier molecular flexibility index (Phi) is 4.55. The van der Waals surface area contributed by atoms with Crippen molar-refractivity contribution in [1.29, 1.82) is 0 Å². The summed E-state index contributed by atoms with van der Waals surface area (Å²) in [6.07, 6.45) is 0. The van der Waals surface area contributed by atoms with E-state index in [1.807, 2.05) is 42.5 Å². The van der Waals surface area contributed by atoms with Crippen LogP contribution < -0.4 is 10.6 Å². The van der Waals surface area contributed by atoms with Crippen LogP contribution >= 0.6 is 23.8 Å². The smallest absolute Gasteiger partial charge is 0.258 e. The molecule has 0 aliphatic carbocycles. The number of hydrogen-bond donors (Lipinski definition) is 2. The molecule has 0 aliphatic heterocycles. The zero-order valence-electron chi connectivity index (χ0n) is 12.0. The number of carbonyl (C=O) groups excluding carboxylic acids is 1. The molecule has 0 saturated carbocycles. The summed E-state index contributed by atoms with van der Waals surface area (Å²) in [5, 5.41) is 8.49. The topological polar surface area (TPSA) is 41.1 Å². The third kappa shape index (κ3) is 3.67. The molecule has 5 heteroatoms. The van der Waals surface area contributed by atoms with Crippen LogP contribution in [0.25, 0.3) is 10.8 Å². The Hall–Kier alpha value is -2.43. The van der Waals surface area contributed by atoms with E-state index in [-0.39, 0.29) is 11.0 Å². The summed E-state index contributed by atoms with van der Waals surface area (Å²) < 4.78 is 0. The molecule has 114 valence electrons. The number of benzene rings is 3. The molecule has 3 aromatic carbocycles. The third-order valence-electron chi connectivity index (χ3n) is 3.35. The van der Waals surface area contributed by atoms with Gasteiger partial charge in [-0.15, -0.1) is 0 Å². The highest BCUT2D eigenvalue weighted by Crippen LogP contribution is 2.19. The molecule has 0 aromatic heterocycles. The van der Waals surface area contributed by atoms with Crippen molar-refractivity contribution in [3.8, 4) is 0 Å². The van der Waals surface area contributed by atoms with Gasteiger partial charge in [0.05, 0.1) is 10.6 Å². The van der Waals surface area contributed by atoms with Gasteiger partial charge in [0.15, 0.2) is 5.11 Å². The predicted molar refractivity (Wildman–Crippen MR) is 99.1 cm³/mol. The van der Waals surface area contributed by atoms with E-state index in [0.29, 0.717) is 10.6 Å². The van der Waals surface area contributed by atoms with Gasteiger partial charge in [-0.2, -0.15) is 0 Å². The van der Waals surface area contributed by atoms with Gasteiger partial charge in [-0.05, 0) is 47.3 Å². The molecule has 0 saturated heterocycles. The summed E-state index contributed by atoms with van der Waals surface area (Å²) in [7, 11) is 0. The molecule has 0 fully saturated rings. The van der Waals surface area contributed by atoms with Gasteiger partial charge >= 0.3 is 0 Å². The number of amides is 1. The Morgan fingerprint density at radius 2 is 1.61 bits per heavy atom. The number of fused-ring (bicyclic) bond motifs is 1. The fourth-order valence-corrected chi connectivity index (χ4v) is 2.68. The quantitative estimate of drug-likeness (QED) is 0.669. The Morgan fingerprint density at radius 3 is 2.39 bits per heavy atom. The average Bonchev–Trinajstić information content (AvgIpc) is 2.55. The van der Waals surface area contributed by atoms with E-state index in [9.17, 15) is 4.79 Å². The lowest BCUT2D eigenvalue weighted by Gasteiger charge is -2.11. The van der Waals surface area contributed by atoms with E-state index >= 15 is 0 Å². The first-order valence-electron chi connectivity index (χ1n) is 6.99. The number of nitrogens with one attached hydrogen (secondary N) is 2. The van der Waals surface area contributed by atoms with Gasteiger partial charge in [-0.3, -0.25) is 10.1 Å². The van der Waals surface area contributed by atoms with Gasteiger partial charge in [0.25, 0.3) is 5.91 Å². The minimum absolute atomic E-state index is 0.227. The van der Waals surface area contributed by atoms with Crippen molar-refractivity contribution in [3.63, 3.8) is 0 Å². The number of halogens is 1. The van der Waals surface area contributed by atoms with Crippen molar-refractivity contribution in [1.82, 2.24) is 5.32 Å². The first-order valence-corrected chi connectivity index (χ1v) is 7.78. The third-order valence-corrected chi connectivity index (χ3v) is 3.89. The average molecular weight is 341 g/mol. The second kappa shape index (κ2) is 6.77. The maximum absolute atomic E-state index is 12.2. The van der Waals surface area contributed by atoms with Gasteiger partial charge in [-0.1, -0.05) is 54.1 Å². The standard InChI is InChI=1S/C18H13ClN2OS/c19-16-8-4-3-7-15(16)17(22)21-18(23)20-14-10-9-12-5-1-2-6-13(12)11-14/h1-11H,(H2,20,21,22,23). The Bertz CT molecular complexity index is 895. The summed E-state index contributed by atoms with van der Waals surface area (Å²) in [5.74, 6) is -0.339. The van der Waals surface area contributed by atoms with Gasteiger partial charge in [0.2, 0.25) is 0 Å². The molecule has 0 aliphatic rings. The van der Waals surface area contributed by atoms with E-state index in [1.165, 1.54) is 0 Å². The Labute approximate surface area is 144 Å². The molecule has 0 spiro atoms. The molecule has 0 bridgehead atoms. The molecule has 3 rings (SSSR count). The van der Waals surface area contributed by atoms with E-state index in [2.05, 4.69) is 10.6 Å². The van der Waals surface area contributed by atoms with Crippen molar-refractivity contribution in [3.05, 3.63) is 77.3 Å². The molecule has 2 N–H and O–H groups in total. The van der Waals surface area contributed by atoms with Crippen LogP contribution in [0.15, 0.2) is 66.7 Å². The zero-order valence-corrected chi connectivity index (χ0v) is 13.6. The summed E-state index contributed by atoms with van der Waals surface area (Å²) >= 11 is 11.2. The highest BCUT2D eigenvalue weighted by molar-refractivity contribution is 7.80. The van der Waals surface area contributed by atoms with Gasteiger partial charge in [0.1, 0.15) is 0 Å². The lowest BCUT2D eigenvalue weighted by atomic mass is 10.1. The van der Waals surface area contributed by atoms with Crippen LogP contribution in [0.1, 0.15) is 10.4 Å². The minimum Gasteiger partial charge on any atom is -0.332 e. The monoisotopic (exact) mass is 340 g/mol. The molecule has 23 heavy (non-hydrogen) atoms. The van der Waals surface area contributed by atoms with Crippen molar-refractivity contribution >= 4 is 51.3 Å². The first-order chi connectivity index (χ1) is 11.1. The van der Waals surface area contributed by atoms with Crippen molar-refractivity contribution in [2.75, 3.05) is 5.32 Å². The number of rotatable bonds is 2. The van der Waals surface area contributed by atoms with E-state index < -0.39 is 0 Å². The fourth-order valence-electron chi connectivity index (χ4n) is 2.25. The normalized spacial score (nSPS) is 10.3. The van der Waals surface area contributed by atoms with Crippen LogP contribution in [0.3, 0.4) is 0 Å². The molecular weight excluding hydrogens is 328 g/mol. The maximum Gasteiger partial charge on any atom is 0.258 e. The number of carbonyl (C=O) groups is 1. The first kappa shape index (κ1) is 15.5. The van der Waals surface area contributed by atoms with Crippen molar-refractivity contribution in [2.24, 2.45) is 0 Å². The Morgan fingerprint density at radius 1 is 0.913 bits per heavy atom. The fraction of sp³-hybridized carbons (Fsp3) is 0. The Balaban J connectivity index is 1.71. The number of thiocarbonyl (C=S) groups is 1. The largest absolute Gasteiger partial charge is 0.332 e. The molecule has 3 nitrogen and oxygen atoms in total. The van der Waals surface area contributed by atoms with Crippen LogP contribution in [0.5, 0.6) is 0 Å². The summed E-state index contributed by atoms with van der Waals surface area (Å²) in [6, 6.07) is 20.7. The van der Waals surface area contributed by atoms with Crippen molar-refractivity contribution in [2.45, 2.75) is 0 Å². The summed E-state index contributed by atoms with van der Waals surface area (Å²) in [5.41, 5.74) is 1.20. The van der Waals surface area contributed by atoms with E-state index in [0.717, 1.165) is 16.5 Å². The molecule has 0 radical (unpaired) electrons. The second-order valence-electron chi connectivity index (χ2n) is 4.95. The highest BCUT2D eigenvalue weighted by atomic mass is 35.5. The zero-order chi connectivity index (χ0) is 16.2. The summed E-state index contributed by atoms with van der Waals surface area (Å²) in [4.78, 5) is 12.2. The lowest BCUT2D eigenvalue weighted by Crippen LogP contribution is -2.34. The van der Waals surface area contributed by atoms with E-state index in [1.54, 1.807) is 24.3 Å². The summed E-state index contributed by atoms with van der Waals surface area (Å²) in [6.45, 7) is 0. The predicted octanol–water partition coefficient (Wildman–Crippen LogP) is 4.62. The molecular formula is C18H13ClN2OS. The van der Waals surface area contributed by atoms with Crippen LogP contribution in [-0.4, -0.2) is 11.0 Å². The second-order valence-corrected chi connectivity index (χ2v) is 5.77. The van der Waals surface area contributed by atoms with Crippen LogP contribution in [0.4, 0.5) is 5.69 Å². The van der Waals surface area contributed by atoms with Gasteiger partial charge < -0.3 is 5.32 Å². The molecule has 0 atom stereocenters. The lowest BCUT2D eigenvalue weighted by molar-refractivity contribution is 0.0978. The molecule has 3 aromatic rings. The number of hydrogen-bond acceptors (Lipinski definition) is 2. The van der Waals surface area contributed by atoms with E-state index in [4.69, 9.17) is 23.8 Å². The SMILES string of the molecule is O=C(NC(=S)Nc1ccc2ccccc2c1)c1ccccc1Cl.